The Morgan fingerprint density at radius 3 is 2.11 bits per heavy atom. The largest absolute Gasteiger partial charge is 0.479 e. The Balaban J connectivity index is 0.000000477. The van der Waals surface area contributed by atoms with Gasteiger partial charge in [-0.3, -0.25) is 4.90 Å². The number of aliphatic hydroxyl groups excluding tert-OH is 2. The van der Waals surface area contributed by atoms with Gasteiger partial charge in [0, 0.05) is 51.2 Å². The zero-order valence-electron chi connectivity index (χ0n) is 25.5. The van der Waals surface area contributed by atoms with Gasteiger partial charge in [0.2, 0.25) is 16.0 Å². The Hall–Kier alpha value is -4.19. The fraction of sp³-hybridized carbons (Fsp3) is 0.379. The van der Waals surface area contributed by atoms with E-state index in [1.807, 2.05) is 19.1 Å². The van der Waals surface area contributed by atoms with Crippen molar-refractivity contribution in [2.75, 3.05) is 58.0 Å². The summed E-state index contributed by atoms with van der Waals surface area (Å²) in [6, 6.07) is 15.1. The Kier molecular flexibility index (Phi) is 12.3. The molecule has 0 radical (unpaired) electrons. The molecule has 16 heteroatoms. The molecule has 0 bridgehead atoms. The fourth-order valence-corrected chi connectivity index (χ4v) is 5.23. The van der Waals surface area contributed by atoms with Gasteiger partial charge in [-0.05, 0) is 36.8 Å². The van der Waals surface area contributed by atoms with Crippen LogP contribution in [0.3, 0.4) is 0 Å². The SMILES string of the molecule is Cc1cnc(Nc2ccc(CN3CC[NH+](C)CC3)cc2)nc1Nc1ccccc1S(=O)(=O)N(C)C.O=C(O)[C@H](O)[C@@H](O)C(=O)O. The molecule has 1 aliphatic rings. The molecule has 1 fully saturated rings. The number of quaternary nitrogens is 1. The predicted molar refractivity (Wildman–Crippen MR) is 166 cm³/mol. The first kappa shape index (κ1) is 35.3. The molecule has 244 valence electrons. The van der Waals surface area contributed by atoms with Gasteiger partial charge in [0.15, 0.2) is 12.2 Å². The Bertz CT molecular complexity index is 1550. The number of aromatic nitrogens is 2. The summed E-state index contributed by atoms with van der Waals surface area (Å²) in [6.07, 6.45) is -2.82. The smallest absolute Gasteiger partial charge is 0.335 e. The maximum absolute atomic E-state index is 12.7. The molecule has 0 unspecified atom stereocenters. The molecular weight excluding hydrogens is 606 g/mol. The second-order valence-corrected chi connectivity index (χ2v) is 12.9. The van der Waals surface area contributed by atoms with E-state index in [1.165, 1.54) is 37.1 Å². The number of hydrogen-bond acceptors (Lipinski definition) is 11. The predicted octanol–water partition coefficient (Wildman–Crippen LogP) is -0.270. The standard InChI is InChI=1S/C25H33N7O2S.C4H6O6/c1-19-17-26-25(27-21-11-9-20(10-12-21)18-32-15-13-31(4)14-16-32)29-24(19)28-22-7-5-6-8-23(22)35(33,34)30(2)3;5-1(3(7)8)2(6)4(9)10/h5-12,17H,13-16,18H2,1-4H3,(H2,26,27,28,29);1-2,5-6H,(H,7,8)(H,9,10)/p+1/t;1-,2-/m.1/s1. The minimum Gasteiger partial charge on any atom is -0.479 e. The van der Waals surface area contributed by atoms with Gasteiger partial charge in [-0.25, -0.2) is 27.3 Å². The van der Waals surface area contributed by atoms with Crippen molar-refractivity contribution in [2.24, 2.45) is 0 Å². The van der Waals surface area contributed by atoms with Crippen LogP contribution in [0.5, 0.6) is 0 Å². The number of carboxylic acid groups (broad SMARTS) is 2. The number of hydrogen-bond donors (Lipinski definition) is 7. The van der Waals surface area contributed by atoms with Gasteiger partial charge >= 0.3 is 11.9 Å². The van der Waals surface area contributed by atoms with E-state index in [0.29, 0.717) is 17.5 Å². The molecule has 0 spiro atoms. The first-order valence-corrected chi connectivity index (χ1v) is 15.5. The van der Waals surface area contributed by atoms with Crippen molar-refractivity contribution >= 4 is 45.1 Å². The molecule has 45 heavy (non-hydrogen) atoms. The number of aryl methyl sites for hydroxylation is 1. The van der Waals surface area contributed by atoms with E-state index in [2.05, 4.69) is 44.7 Å². The number of anilines is 4. The van der Waals surface area contributed by atoms with Crippen LogP contribution < -0.4 is 15.5 Å². The molecule has 3 aromatic rings. The second-order valence-electron chi connectivity index (χ2n) is 10.8. The molecule has 0 aliphatic carbocycles. The molecule has 0 saturated carbocycles. The van der Waals surface area contributed by atoms with E-state index >= 15 is 0 Å². The first-order chi connectivity index (χ1) is 21.2. The van der Waals surface area contributed by atoms with Gasteiger partial charge in [-0.1, -0.05) is 24.3 Å². The number of piperazine rings is 1. The Labute approximate surface area is 261 Å². The number of para-hydroxylation sites is 1. The maximum Gasteiger partial charge on any atom is 0.335 e. The summed E-state index contributed by atoms with van der Waals surface area (Å²) < 4.78 is 26.7. The monoisotopic (exact) mass is 646 g/mol. The topological polar surface area (TPSA) is 210 Å². The quantitative estimate of drug-likeness (QED) is 0.143. The highest BCUT2D eigenvalue weighted by Crippen LogP contribution is 2.28. The zero-order chi connectivity index (χ0) is 33.3. The van der Waals surface area contributed by atoms with Crippen LogP contribution in [0.15, 0.2) is 59.6 Å². The van der Waals surface area contributed by atoms with Crippen LogP contribution in [0, 0.1) is 6.92 Å². The van der Waals surface area contributed by atoms with Crippen LogP contribution in [0.4, 0.5) is 23.1 Å². The van der Waals surface area contributed by atoms with Crippen molar-refractivity contribution in [3.63, 3.8) is 0 Å². The molecule has 2 atom stereocenters. The fourth-order valence-electron chi connectivity index (χ4n) is 4.19. The van der Waals surface area contributed by atoms with E-state index in [9.17, 15) is 18.0 Å². The molecule has 2 aromatic carbocycles. The van der Waals surface area contributed by atoms with Crippen molar-refractivity contribution < 1.29 is 43.3 Å². The van der Waals surface area contributed by atoms with Gasteiger partial charge in [0.1, 0.15) is 10.7 Å². The number of likely N-dealkylation sites (N-methyl/N-ethyl adjacent to an activating group) is 1. The summed E-state index contributed by atoms with van der Waals surface area (Å²) in [4.78, 5) is 32.8. The summed E-state index contributed by atoms with van der Waals surface area (Å²) in [5, 5.41) is 39.0. The summed E-state index contributed by atoms with van der Waals surface area (Å²) >= 11 is 0. The van der Waals surface area contributed by atoms with Crippen molar-refractivity contribution in [3.8, 4) is 0 Å². The highest BCUT2D eigenvalue weighted by Gasteiger charge is 2.29. The zero-order valence-corrected chi connectivity index (χ0v) is 26.3. The molecule has 7 N–H and O–H groups in total. The number of aliphatic carboxylic acids is 2. The summed E-state index contributed by atoms with van der Waals surface area (Å²) in [5.74, 6) is -2.57. The molecule has 1 saturated heterocycles. The normalized spacial score (nSPS) is 15.4. The highest BCUT2D eigenvalue weighted by atomic mass is 32.2. The lowest BCUT2D eigenvalue weighted by Gasteiger charge is -2.30. The molecule has 1 aromatic heterocycles. The minimum atomic E-state index is -3.61. The van der Waals surface area contributed by atoms with Crippen LogP contribution in [0.25, 0.3) is 0 Å². The average molecular weight is 647 g/mol. The van der Waals surface area contributed by atoms with E-state index in [0.717, 1.165) is 30.9 Å². The third kappa shape index (κ3) is 9.90. The Morgan fingerprint density at radius 2 is 1.56 bits per heavy atom. The number of benzene rings is 2. The number of carbonyl (C=O) groups is 2. The lowest BCUT2D eigenvalue weighted by atomic mass is 10.2. The average Bonchev–Trinajstić information content (AvgIpc) is 3.00. The van der Waals surface area contributed by atoms with Crippen LogP contribution in [-0.2, 0) is 26.2 Å². The summed E-state index contributed by atoms with van der Waals surface area (Å²) in [6.45, 7) is 7.45. The van der Waals surface area contributed by atoms with Gasteiger partial charge in [0.05, 0.1) is 25.8 Å². The number of rotatable bonds is 11. The molecular formula is C29H40N7O8S+. The van der Waals surface area contributed by atoms with Crippen LogP contribution in [0.2, 0.25) is 0 Å². The van der Waals surface area contributed by atoms with E-state index in [1.54, 1.807) is 35.4 Å². The molecule has 15 nitrogen and oxygen atoms in total. The van der Waals surface area contributed by atoms with Crippen molar-refractivity contribution in [1.29, 1.82) is 0 Å². The maximum atomic E-state index is 12.7. The molecule has 2 heterocycles. The van der Waals surface area contributed by atoms with Crippen LogP contribution in [0.1, 0.15) is 11.1 Å². The lowest BCUT2D eigenvalue weighted by molar-refractivity contribution is -0.884. The second kappa shape index (κ2) is 15.7. The lowest BCUT2D eigenvalue weighted by Crippen LogP contribution is -3.11. The third-order valence-corrected chi connectivity index (χ3v) is 8.87. The number of aliphatic hydroxyl groups is 2. The third-order valence-electron chi connectivity index (χ3n) is 7.00. The molecule has 4 rings (SSSR count). The highest BCUT2D eigenvalue weighted by molar-refractivity contribution is 7.89. The van der Waals surface area contributed by atoms with Crippen molar-refractivity contribution in [2.45, 2.75) is 30.6 Å². The molecule has 0 amide bonds. The van der Waals surface area contributed by atoms with E-state index in [4.69, 9.17) is 20.4 Å². The van der Waals surface area contributed by atoms with Gasteiger partial charge in [0.25, 0.3) is 0 Å². The Morgan fingerprint density at radius 1 is 0.978 bits per heavy atom. The van der Waals surface area contributed by atoms with Crippen LogP contribution >= 0.6 is 0 Å². The minimum absolute atomic E-state index is 0.190. The van der Waals surface area contributed by atoms with Crippen molar-refractivity contribution in [1.82, 2.24) is 19.2 Å². The summed E-state index contributed by atoms with van der Waals surface area (Å²) in [5.41, 5.74) is 3.43. The van der Waals surface area contributed by atoms with E-state index in [-0.39, 0.29) is 4.90 Å². The van der Waals surface area contributed by atoms with Crippen molar-refractivity contribution in [3.05, 3.63) is 65.9 Å². The van der Waals surface area contributed by atoms with Gasteiger partial charge in [-0.15, -0.1) is 0 Å². The number of carboxylic acids is 2. The summed E-state index contributed by atoms with van der Waals surface area (Å²) in [7, 11) is 1.67. The number of sulfonamides is 1. The molecule has 1 aliphatic heterocycles. The van der Waals surface area contributed by atoms with Crippen LogP contribution in [-0.4, -0.2) is 119 Å². The number of nitrogens with one attached hydrogen (secondary N) is 3. The van der Waals surface area contributed by atoms with Gasteiger partial charge in [-0.2, -0.15) is 4.98 Å². The van der Waals surface area contributed by atoms with Gasteiger partial charge < -0.3 is 36.0 Å². The first-order valence-electron chi connectivity index (χ1n) is 14.0. The number of nitrogens with zero attached hydrogens (tertiary/aromatic N) is 4. The van der Waals surface area contributed by atoms with E-state index < -0.39 is 34.2 Å².